The maximum Gasteiger partial charge on any atom is 0.257 e. The summed E-state index contributed by atoms with van der Waals surface area (Å²) in [4.78, 5) is 27.6. The lowest BCUT2D eigenvalue weighted by molar-refractivity contribution is 0.0728. The van der Waals surface area contributed by atoms with E-state index in [4.69, 9.17) is 0 Å². The average Bonchev–Trinajstić information content (AvgIpc) is 3.72. The van der Waals surface area contributed by atoms with Crippen LogP contribution in [0.25, 0.3) is 5.69 Å². The number of nitrogens with zero attached hydrogens (tertiary/aromatic N) is 3. The third kappa shape index (κ3) is 4.48. The van der Waals surface area contributed by atoms with Gasteiger partial charge in [0, 0.05) is 28.7 Å². The van der Waals surface area contributed by atoms with E-state index in [0.717, 1.165) is 47.1 Å². The number of amides is 2. The molecule has 1 aromatic heterocycles. The molecule has 2 amide bonds. The van der Waals surface area contributed by atoms with E-state index in [2.05, 4.69) is 26.3 Å². The smallest absolute Gasteiger partial charge is 0.257 e. The molecule has 7 heteroatoms. The van der Waals surface area contributed by atoms with Crippen LogP contribution in [0.2, 0.25) is 0 Å². The molecule has 2 aliphatic carbocycles. The Labute approximate surface area is 195 Å². The summed E-state index contributed by atoms with van der Waals surface area (Å²) in [7, 11) is 0. The van der Waals surface area contributed by atoms with Crippen molar-refractivity contribution in [2.24, 2.45) is 0 Å². The van der Waals surface area contributed by atoms with Crippen molar-refractivity contribution in [3.63, 3.8) is 0 Å². The van der Waals surface area contributed by atoms with Gasteiger partial charge in [0.2, 0.25) is 0 Å². The van der Waals surface area contributed by atoms with Gasteiger partial charge in [0.15, 0.2) is 0 Å². The third-order valence-electron chi connectivity index (χ3n) is 6.04. The summed E-state index contributed by atoms with van der Waals surface area (Å²) in [5.41, 5.74) is 4.06. The van der Waals surface area contributed by atoms with Crippen molar-refractivity contribution in [2.45, 2.75) is 51.2 Å². The predicted octanol–water partition coefficient (Wildman–Crippen LogP) is 4.64. The molecule has 0 bridgehead atoms. The number of nitrogens with one attached hydrogen (secondary N) is 1. The number of hydrogen-bond acceptors (Lipinski definition) is 3. The van der Waals surface area contributed by atoms with E-state index in [9.17, 15) is 9.59 Å². The van der Waals surface area contributed by atoms with Gasteiger partial charge in [-0.25, -0.2) is 4.68 Å². The average molecular weight is 493 g/mol. The van der Waals surface area contributed by atoms with Gasteiger partial charge < -0.3 is 10.2 Å². The zero-order valence-corrected chi connectivity index (χ0v) is 19.5. The molecule has 2 aliphatic rings. The molecule has 1 heterocycles. The zero-order chi connectivity index (χ0) is 22.2. The van der Waals surface area contributed by atoms with E-state index >= 15 is 0 Å². The summed E-state index contributed by atoms with van der Waals surface area (Å²) >= 11 is 3.45. The molecule has 2 aromatic carbocycles. The van der Waals surface area contributed by atoms with Crippen molar-refractivity contribution >= 4 is 27.7 Å². The fourth-order valence-corrected chi connectivity index (χ4v) is 4.09. The maximum atomic E-state index is 13.5. The lowest BCUT2D eigenvalue weighted by atomic mass is 10.1. The molecule has 3 aromatic rings. The van der Waals surface area contributed by atoms with Crippen molar-refractivity contribution < 1.29 is 9.59 Å². The van der Waals surface area contributed by atoms with Gasteiger partial charge in [0.1, 0.15) is 0 Å². The molecule has 0 unspecified atom stereocenters. The van der Waals surface area contributed by atoms with Gasteiger partial charge in [-0.2, -0.15) is 5.10 Å². The van der Waals surface area contributed by atoms with Crippen LogP contribution in [-0.2, 0) is 6.54 Å². The second kappa shape index (κ2) is 8.54. The summed E-state index contributed by atoms with van der Waals surface area (Å²) in [6, 6.07) is 16.0. The van der Waals surface area contributed by atoms with Crippen LogP contribution in [0.1, 0.15) is 57.7 Å². The van der Waals surface area contributed by atoms with Crippen LogP contribution < -0.4 is 5.32 Å². The number of aromatic nitrogens is 2. The van der Waals surface area contributed by atoms with Crippen molar-refractivity contribution in [3.05, 3.63) is 81.6 Å². The zero-order valence-electron chi connectivity index (χ0n) is 17.9. The second-order valence-corrected chi connectivity index (χ2v) is 9.56. The Morgan fingerprint density at radius 2 is 1.75 bits per heavy atom. The first-order valence-electron chi connectivity index (χ1n) is 11.0. The van der Waals surface area contributed by atoms with Crippen molar-refractivity contribution in [1.29, 1.82) is 0 Å². The van der Waals surface area contributed by atoms with Crippen molar-refractivity contribution in [3.8, 4) is 5.69 Å². The highest BCUT2D eigenvalue weighted by molar-refractivity contribution is 9.10. The molecule has 5 rings (SSSR count). The molecule has 0 aliphatic heterocycles. The van der Waals surface area contributed by atoms with Crippen LogP contribution in [0.15, 0.2) is 59.2 Å². The van der Waals surface area contributed by atoms with E-state index < -0.39 is 0 Å². The molecule has 0 saturated heterocycles. The topological polar surface area (TPSA) is 67.2 Å². The van der Waals surface area contributed by atoms with Gasteiger partial charge in [-0.15, -0.1) is 0 Å². The minimum Gasteiger partial charge on any atom is -0.349 e. The standard InChI is InChI=1S/C25H25BrN4O2/c1-16-23(14-27-30(16)22-10-6-19(26)7-11-22)25(32)29(21-12-13-21)15-17-2-4-18(5-3-17)24(31)28-20-8-9-20/h2-7,10-11,14,20-21H,8-9,12-13,15H2,1H3,(H,28,31). The highest BCUT2D eigenvalue weighted by atomic mass is 79.9. The van der Waals surface area contributed by atoms with E-state index in [1.54, 1.807) is 10.9 Å². The lowest BCUT2D eigenvalue weighted by Gasteiger charge is -2.22. The molecule has 32 heavy (non-hydrogen) atoms. The summed E-state index contributed by atoms with van der Waals surface area (Å²) in [6.07, 6.45) is 5.85. The van der Waals surface area contributed by atoms with Gasteiger partial charge in [-0.3, -0.25) is 9.59 Å². The molecular formula is C25H25BrN4O2. The summed E-state index contributed by atoms with van der Waals surface area (Å²) in [5.74, 6) is -0.0194. The number of halogens is 1. The number of rotatable bonds is 7. The minimum absolute atomic E-state index is 0.00362. The fraction of sp³-hybridized carbons (Fsp3) is 0.320. The Balaban J connectivity index is 1.32. The summed E-state index contributed by atoms with van der Waals surface area (Å²) < 4.78 is 2.80. The molecule has 0 radical (unpaired) electrons. The Bertz CT molecular complexity index is 1150. The monoisotopic (exact) mass is 492 g/mol. The molecule has 6 nitrogen and oxygen atoms in total. The number of hydrogen-bond donors (Lipinski definition) is 1. The molecule has 0 atom stereocenters. The van der Waals surface area contributed by atoms with E-state index in [1.807, 2.05) is 60.4 Å². The van der Waals surface area contributed by atoms with Gasteiger partial charge in [0.05, 0.1) is 23.1 Å². The predicted molar refractivity (Wildman–Crippen MR) is 126 cm³/mol. The molecule has 164 valence electrons. The van der Waals surface area contributed by atoms with Crippen LogP contribution in [-0.4, -0.2) is 38.6 Å². The first-order valence-corrected chi connectivity index (χ1v) is 11.8. The van der Waals surface area contributed by atoms with Gasteiger partial charge in [-0.05, 0) is 74.6 Å². The quantitative estimate of drug-likeness (QED) is 0.522. The minimum atomic E-state index is -0.0230. The van der Waals surface area contributed by atoms with Gasteiger partial charge in [0.25, 0.3) is 11.8 Å². The summed E-state index contributed by atoms with van der Waals surface area (Å²) in [6.45, 7) is 2.46. The van der Waals surface area contributed by atoms with Crippen molar-refractivity contribution in [1.82, 2.24) is 20.0 Å². The Kier molecular flexibility index (Phi) is 5.59. The highest BCUT2D eigenvalue weighted by Crippen LogP contribution is 2.31. The Morgan fingerprint density at radius 3 is 2.38 bits per heavy atom. The first kappa shape index (κ1) is 20.9. The normalized spacial score (nSPS) is 15.4. The van der Waals surface area contributed by atoms with Crippen LogP contribution in [0.4, 0.5) is 0 Å². The van der Waals surface area contributed by atoms with Crippen LogP contribution >= 0.6 is 15.9 Å². The van der Waals surface area contributed by atoms with Crippen LogP contribution in [0, 0.1) is 6.92 Å². The summed E-state index contributed by atoms with van der Waals surface area (Å²) in [5, 5.41) is 7.48. The number of benzene rings is 2. The largest absolute Gasteiger partial charge is 0.349 e. The molecule has 2 fully saturated rings. The SMILES string of the molecule is Cc1c(C(=O)N(Cc2ccc(C(=O)NC3CC3)cc2)C2CC2)cnn1-c1ccc(Br)cc1. The fourth-order valence-electron chi connectivity index (χ4n) is 3.82. The molecule has 1 N–H and O–H groups in total. The van der Waals surface area contributed by atoms with Crippen molar-refractivity contribution in [2.75, 3.05) is 0 Å². The van der Waals surface area contributed by atoms with Gasteiger partial charge in [-0.1, -0.05) is 28.1 Å². The molecule has 0 spiro atoms. The Hall–Kier alpha value is -2.93. The third-order valence-corrected chi connectivity index (χ3v) is 6.57. The van der Waals surface area contributed by atoms with E-state index in [1.165, 1.54) is 0 Å². The molecular weight excluding hydrogens is 468 g/mol. The second-order valence-electron chi connectivity index (χ2n) is 8.64. The molecule has 2 saturated carbocycles. The maximum absolute atomic E-state index is 13.5. The van der Waals surface area contributed by atoms with Gasteiger partial charge >= 0.3 is 0 Å². The van der Waals surface area contributed by atoms with E-state index in [0.29, 0.717) is 23.7 Å². The number of carbonyl (C=O) groups excluding carboxylic acids is 2. The Morgan fingerprint density at radius 1 is 1.06 bits per heavy atom. The first-order chi connectivity index (χ1) is 15.5. The highest BCUT2D eigenvalue weighted by Gasteiger charge is 2.34. The van der Waals surface area contributed by atoms with E-state index in [-0.39, 0.29) is 17.9 Å². The van der Waals surface area contributed by atoms with Crippen LogP contribution in [0.3, 0.4) is 0 Å². The number of carbonyl (C=O) groups is 2. The lowest BCUT2D eigenvalue weighted by Crippen LogP contribution is -2.33. The van der Waals surface area contributed by atoms with Crippen LogP contribution in [0.5, 0.6) is 0 Å².